The molecule has 1 atom stereocenters. The van der Waals surface area contributed by atoms with Gasteiger partial charge in [0.2, 0.25) is 5.91 Å². The Bertz CT molecular complexity index is 1140. The molecule has 3 aromatic rings. The highest BCUT2D eigenvalue weighted by Crippen LogP contribution is 2.36. The van der Waals surface area contributed by atoms with Crippen LogP contribution in [0.1, 0.15) is 18.0 Å². The van der Waals surface area contributed by atoms with Crippen LogP contribution in [0.4, 0.5) is 11.5 Å². The van der Waals surface area contributed by atoms with E-state index in [-0.39, 0.29) is 18.2 Å². The van der Waals surface area contributed by atoms with E-state index < -0.39 is 6.04 Å². The maximum atomic E-state index is 12.6. The number of aromatic nitrogens is 2. The zero-order valence-corrected chi connectivity index (χ0v) is 17.7. The number of rotatable bonds is 5. The minimum atomic E-state index is -0.742. The van der Waals surface area contributed by atoms with Gasteiger partial charge in [-0.1, -0.05) is 35.3 Å². The van der Waals surface area contributed by atoms with Crippen molar-refractivity contribution in [3.63, 3.8) is 0 Å². The van der Waals surface area contributed by atoms with Crippen LogP contribution in [0.2, 0.25) is 10.0 Å². The van der Waals surface area contributed by atoms with E-state index in [0.29, 0.717) is 27.3 Å². The van der Waals surface area contributed by atoms with Crippen molar-refractivity contribution in [3.05, 3.63) is 58.1 Å². The minimum Gasteiger partial charge on any atom is -0.495 e. The third kappa shape index (κ3) is 3.74. The number of carbonyl (C=O) groups excluding carboxylic acids is 2. The van der Waals surface area contributed by atoms with Gasteiger partial charge in [-0.2, -0.15) is 5.10 Å². The molecule has 1 aromatic heterocycles. The summed E-state index contributed by atoms with van der Waals surface area (Å²) in [6, 6.07) is 11.5. The fourth-order valence-corrected chi connectivity index (χ4v) is 3.78. The van der Waals surface area contributed by atoms with E-state index in [1.165, 1.54) is 7.11 Å². The molecule has 30 heavy (non-hydrogen) atoms. The van der Waals surface area contributed by atoms with Crippen molar-refractivity contribution in [2.75, 3.05) is 17.7 Å². The van der Waals surface area contributed by atoms with Gasteiger partial charge < -0.3 is 15.4 Å². The molecule has 2 N–H and O–H groups in total. The molecule has 2 heterocycles. The van der Waals surface area contributed by atoms with Crippen molar-refractivity contribution in [3.8, 4) is 17.0 Å². The normalized spacial score (nSPS) is 14.9. The van der Waals surface area contributed by atoms with E-state index in [1.807, 2.05) is 19.1 Å². The summed E-state index contributed by atoms with van der Waals surface area (Å²) in [6.07, 6.45) is -0.0658. The fraction of sp³-hybridized carbons (Fsp3) is 0.190. The lowest BCUT2D eigenvalue weighted by Gasteiger charge is -2.11. The third-order valence-electron chi connectivity index (χ3n) is 4.92. The number of carbonyl (C=O) groups is 2. The Balaban J connectivity index is 1.54. The van der Waals surface area contributed by atoms with Gasteiger partial charge in [-0.15, -0.1) is 0 Å². The summed E-state index contributed by atoms with van der Waals surface area (Å²) in [4.78, 5) is 25.0. The van der Waals surface area contributed by atoms with Gasteiger partial charge in [0.05, 0.1) is 24.2 Å². The maximum Gasteiger partial charge on any atom is 0.251 e. The van der Waals surface area contributed by atoms with Crippen LogP contribution in [0.15, 0.2) is 42.5 Å². The summed E-state index contributed by atoms with van der Waals surface area (Å²) in [7, 11) is 1.51. The SMILES string of the molecule is COc1ccc(NC(=O)CC2C(=O)Nc3c(C)c(-c4ccc(Cl)cc4)nn32)cc1Cl. The van der Waals surface area contributed by atoms with E-state index >= 15 is 0 Å². The molecule has 0 saturated heterocycles. The highest BCUT2D eigenvalue weighted by molar-refractivity contribution is 6.32. The van der Waals surface area contributed by atoms with Gasteiger partial charge in [-0.25, -0.2) is 4.68 Å². The zero-order valence-electron chi connectivity index (χ0n) is 16.2. The summed E-state index contributed by atoms with van der Waals surface area (Å²) in [5.41, 5.74) is 2.96. The average molecular weight is 445 g/mol. The topological polar surface area (TPSA) is 85.2 Å². The number of nitrogens with zero attached hydrogens (tertiary/aromatic N) is 2. The molecule has 0 radical (unpaired) electrons. The van der Waals surface area contributed by atoms with Gasteiger partial charge in [0.25, 0.3) is 5.91 Å². The smallest absolute Gasteiger partial charge is 0.251 e. The van der Waals surface area contributed by atoms with Crippen LogP contribution < -0.4 is 15.4 Å². The Kier molecular flexibility index (Phi) is 5.40. The van der Waals surface area contributed by atoms with E-state index in [0.717, 1.165) is 16.8 Å². The minimum absolute atomic E-state index is 0.0658. The summed E-state index contributed by atoms with van der Waals surface area (Å²) in [5, 5.41) is 11.2. The Morgan fingerprint density at radius 1 is 1.23 bits per heavy atom. The van der Waals surface area contributed by atoms with Gasteiger partial charge >= 0.3 is 0 Å². The van der Waals surface area contributed by atoms with Crippen molar-refractivity contribution >= 4 is 46.5 Å². The third-order valence-corrected chi connectivity index (χ3v) is 5.47. The number of ether oxygens (including phenoxy) is 1. The van der Waals surface area contributed by atoms with Crippen molar-refractivity contribution in [1.82, 2.24) is 9.78 Å². The molecule has 154 valence electrons. The summed E-state index contributed by atoms with van der Waals surface area (Å²) >= 11 is 12.1. The first-order valence-electron chi connectivity index (χ1n) is 9.16. The van der Waals surface area contributed by atoms with E-state index in [9.17, 15) is 9.59 Å². The molecule has 0 saturated carbocycles. The number of methoxy groups -OCH3 is 1. The molecule has 7 nitrogen and oxygen atoms in total. The highest BCUT2D eigenvalue weighted by Gasteiger charge is 2.35. The molecule has 0 fully saturated rings. The standard InChI is InChI=1S/C21H18Cl2N4O3/c1-11-19(12-3-5-13(22)6-4-12)26-27-16(21(29)25-20(11)27)10-18(28)24-14-7-8-17(30-2)15(23)9-14/h3-9,16H,10H2,1-2H3,(H,24,28)(H,25,29). The largest absolute Gasteiger partial charge is 0.495 e. The molecule has 4 rings (SSSR count). The number of halogens is 2. The van der Waals surface area contributed by atoms with Crippen LogP contribution in [0.5, 0.6) is 5.75 Å². The molecule has 9 heteroatoms. The Morgan fingerprint density at radius 3 is 2.63 bits per heavy atom. The van der Waals surface area contributed by atoms with E-state index in [4.69, 9.17) is 27.9 Å². The van der Waals surface area contributed by atoms with Gasteiger partial charge in [0, 0.05) is 21.8 Å². The number of hydrogen-bond donors (Lipinski definition) is 2. The lowest BCUT2D eigenvalue weighted by molar-refractivity contribution is -0.123. The second-order valence-electron chi connectivity index (χ2n) is 6.88. The average Bonchev–Trinajstić information content (AvgIpc) is 3.19. The van der Waals surface area contributed by atoms with E-state index in [2.05, 4.69) is 15.7 Å². The molecule has 1 unspecified atom stereocenters. The molecule has 2 amide bonds. The van der Waals surface area contributed by atoms with Crippen LogP contribution >= 0.6 is 23.2 Å². The molecule has 0 aliphatic carbocycles. The lowest BCUT2D eigenvalue weighted by atomic mass is 10.1. The number of fused-ring (bicyclic) bond motifs is 1. The molecule has 2 aromatic carbocycles. The molecule has 1 aliphatic heterocycles. The van der Waals surface area contributed by atoms with Crippen LogP contribution in [0, 0.1) is 6.92 Å². The summed E-state index contributed by atoms with van der Waals surface area (Å²) in [6.45, 7) is 1.88. The van der Waals surface area contributed by atoms with Gasteiger partial charge in [-0.3, -0.25) is 9.59 Å². The molecular weight excluding hydrogens is 427 g/mol. The van der Waals surface area contributed by atoms with Gasteiger partial charge in [0.15, 0.2) is 0 Å². The van der Waals surface area contributed by atoms with Crippen molar-refractivity contribution in [2.45, 2.75) is 19.4 Å². The molecular formula is C21H18Cl2N4O3. The van der Waals surface area contributed by atoms with Crippen LogP contribution in [0.25, 0.3) is 11.3 Å². The maximum absolute atomic E-state index is 12.6. The number of benzene rings is 2. The van der Waals surface area contributed by atoms with Crippen LogP contribution in [-0.4, -0.2) is 28.7 Å². The second kappa shape index (κ2) is 8.01. The first-order chi connectivity index (χ1) is 14.4. The lowest BCUT2D eigenvalue weighted by Crippen LogP contribution is -2.23. The van der Waals surface area contributed by atoms with Gasteiger partial charge in [0.1, 0.15) is 17.6 Å². The monoisotopic (exact) mass is 444 g/mol. The Labute approximate surface area is 182 Å². The van der Waals surface area contributed by atoms with Crippen molar-refractivity contribution in [2.24, 2.45) is 0 Å². The quantitative estimate of drug-likeness (QED) is 0.597. The fourth-order valence-electron chi connectivity index (χ4n) is 3.40. The summed E-state index contributed by atoms with van der Waals surface area (Å²) in [5.74, 6) is 0.503. The van der Waals surface area contributed by atoms with Gasteiger partial charge in [-0.05, 0) is 37.3 Å². The Hall–Kier alpha value is -3.03. The van der Waals surface area contributed by atoms with E-state index in [1.54, 1.807) is 35.0 Å². The predicted octanol–water partition coefficient (Wildman–Crippen LogP) is 4.70. The number of nitrogens with one attached hydrogen (secondary N) is 2. The molecule has 0 spiro atoms. The van der Waals surface area contributed by atoms with Crippen molar-refractivity contribution < 1.29 is 14.3 Å². The first kappa shape index (κ1) is 20.3. The van der Waals surface area contributed by atoms with Crippen LogP contribution in [-0.2, 0) is 9.59 Å². The van der Waals surface area contributed by atoms with Crippen molar-refractivity contribution in [1.29, 1.82) is 0 Å². The van der Waals surface area contributed by atoms with Crippen LogP contribution in [0.3, 0.4) is 0 Å². The zero-order chi connectivity index (χ0) is 21.4. The predicted molar refractivity (Wildman–Crippen MR) is 116 cm³/mol. The molecule has 1 aliphatic rings. The number of anilines is 2. The first-order valence-corrected chi connectivity index (χ1v) is 9.92. The number of amides is 2. The molecule has 0 bridgehead atoms. The number of hydrogen-bond acceptors (Lipinski definition) is 4. The highest BCUT2D eigenvalue weighted by atomic mass is 35.5. The Morgan fingerprint density at radius 2 is 1.97 bits per heavy atom. The second-order valence-corrected chi connectivity index (χ2v) is 7.72. The summed E-state index contributed by atoms with van der Waals surface area (Å²) < 4.78 is 6.68.